The van der Waals surface area contributed by atoms with E-state index >= 15 is 0 Å². The lowest BCUT2D eigenvalue weighted by Gasteiger charge is -2.43. The monoisotopic (exact) mass is 543 g/mol. The zero-order valence-corrected chi connectivity index (χ0v) is 25.2. The Morgan fingerprint density at radius 3 is 2.22 bits per heavy atom. The molecule has 0 N–H and O–H groups in total. The third-order valence-corrected chi connectivity index (χ3v) is 9.53. The van der Waals surface area contributed by atoms with Crippen molar-refractivity contribution in [3.05, 3.63) is 100 Å². The van der Waals surface area contributed by atoms with Crippen LogP contribution >= 0.6 is 0 Å². The molecule has 212 valence electrons. The highest BCUT2D eigenvalue weighted by Crippen LogP contribution is 2.57. The highest BCUT2D eigenvalue weighted by molar-refractivity contribution is 6.06. The van der Waals surface area contributed by atoms with Gasteiger partial charge >= 0.3 is 0 Å². The van der Waals surface area contributed by atoms with Crippen LogP contribution in [0.1, 0.15) is 106 Å². The lowest BCUT2D eigenvalue weighted by atomic mass is 9.61. The van der Waals surface area contributed by atoms with Gasteiger partial charge in [-0.05, 0) is 100 Å². The van der Waals surface area contributed by atoms with E-state index in [0.717, 1.165) is 12.3 Å². The van der Waals surface area contributed by atoms with Crippen molar-refractivity contribution >= 4 is 35.2 Å². The summed E-state index contributed by atoms with van der Waals surface area (Å²) in [6, 6.07) is 22.6. The predicted molar refractivity (Wildman–Crippen MR) is 177 cm³/mol. The molecule has 3 aliphatic rings. The maximum Gasteiger partial charge on any atom is 0.119 e. The first kappa shape index (κ1) is 27.6. The van der Waals surface area contributed by atoms with Crippen LogP contribution in [0, 0.1) is 0 Å². The number of para-hydroxylation sites is 1. The summed E-state index contributed by atoms with van der Waals surface area (Å²) in [7, 11) is 1.77. The Kier molecular flexibility index (Phi) is 8.19. The molecule has 0 radical (unpaired) electrons. The van der Waals surface area contributed by atoms with E-state index < -0.39 is 0 Å². The Hall–Kier alpha value is -3.52. The Balaban J connectivity index is 1.53. The van der Waals surface area contributed by atoms with E-state index in [1.54, 1.807) is 12.7 Å². The molecule has 0 atom stereocenters. The number of anilines is 2. The van der Waals surface area contributed by atoms with E-state index in [1.807, 2.05) is 0 Å². The van der Waals surface area contributed by atoms with Crippen LogP contribution in [0.5, 0.6) is 5.75 Å². The molecule has 0 bridgehead atoms. The number of benzene rings is 3. The minimum atomic E-state index is 0.0195. The van der Waals surface area contributed by atoms with Gasteiger partial charge in [0.25, 0.3) is 0 Å². The smallest absolute Gasteiger partial charge is 0.119 e. The molecular weight excluding hydrogens is 498 g/mol. The fourth-order valence-corrected chi connectivity index (χ4v) is 7.39. The molecular formula is C39H45NO. The SMILES string of the molecule is CCCCCCC1(CCCCCC)C2=Cc3cc(OC)ccc3C2=Cc2cc3c(cc21)N(c1ccccc1)CC=C3. The van der Waals surface area contributed by atoms with E-state index in [0.29, 0.717) is 0 Å². The van der Waals surface area contributed by atoms with E-state index in [9.17, 15) is 0 Å². The maximum atomic E-state index is 5.65. The lowest BCUT2D eigenvalue weighted by molar-refractivity contribution is 0.394. The molecule has 2 aliphatic carbocycles. The predicted octanol–water partition coefficient (Wildman–Crippen LogP) is 11.0. The van der Waals surface area contributed by atoms with Gasteiger partial charge in [-0.25, -0.2) is 0 Å². The number of hydrogen-bond acceptors (Lipinski definition) is 2. The largest absolute Gasteiger partial charge is 0.497 e. The zero-order chi connectivity index (χ0) is 28.2. The summed E-state index contributed by atoms with van der Waals surface area (Å²) in [4.78, 5) is 2.50. The van der Waals surface area contributed by atoms with Crippen LogP contribution in [0.3, 0.4) is 0 Å². The number of unbranched alkanes of at least 4 members (excludes halogenated alkanes) is 6. The summed E-state index contributed by atoms with van der Waals surface area (Å²) >= 11 is 0. The number of rotatable bonds is 12. The van der Waals surface area contributed by atoms with Crippen molar-refractivity contribution in [1.82, 2.24) is 0 Å². The average molecular weight is 544 g/mol. The molecule has 0 amide bonds. The van der Waals surface area contributed by atoms with Crippen LogP contribution in [-0.2, 0) is 5.41 Å². The Morgan fingerprint density at radius 2 is 1.51 bits per heavy atom. The minimum Gasteiger partial charge on any atom is -0.497 e. The molecule has 2 heteroatoms. The lowest BCUT2D eigenvalue weighted by Crippen LogP contribution is -2.33. The van der Waals surface area contributed by atoms with E-state index in [1.165, 1.54) is 109 Å². The van der Waals surface area contributed by atoms with Gasteiger partial charge in [-0.15, -0.1) is 0 Å². The van der Waals surface area contributed by atoms with Gasteiger partial charge < -0.3 is 9.64 Å². The van der Waals surface area contributed by atoms with Crippen LogP contribution in [0.4, 0.5) is 11.4 Å². The molecule has 0 saturated carbocycles. The molecule has 6 rings (SSSR count). The molecule has 2 nitrogen and oxygen atoms in total. The second kappa shape index (κ2) is 12.1. The molecule has 3 aromatic carbocycles. The topological polar surface area (TPSA) is 12.5 Å². The summed E-state index contributed by atoms with van der Waals surface area (Å²) in [6.07, 6.45) is 22.4. The molecule has 0 fully saturated rings. The van der Waals surface area contributed by atoms with Crippen LogP contribution in [0.25, 0.3) is 23.8 Å². The van der Waals surface area contributed by atoms with Gasteiger partial charge in [-0.2, -0.15) is 0 Å². The Labute approximate surface area is 247 Å². The number of allylic oxidation sites excluding steroid dienone is 2. The van der Waals surface area contributed by atoms with Crippen molar-refractivity contribution < 1.29 is 4.74 Å². The van der Waals surface area contributed by atoms with Crippen LogP contribution in [0.2, 0.25) is 0 Å². The van der Waals surface area contributed by atoms with E-state index in [4.69, 9.17) is 4.74 Å². The first-order chi connectivity index (χ1) is 20.2. The van der Waals surface area contributed by atoms with Crippen molar-refractivity contribution in [3.8, 4) is 5.75 Å². The fraction of sp³-hybridized carbons (Fsp3) is 0.385. The standard InChI is InChI=1S/C39H45NO/c1-4-6-8-13-21-39(22-14-9-7-5-2)36-28-38-29(16-15-23-40(38)32-17-11-10-12-18-32)24-31(36)26-35-34-20-19-33(41-3)25-30(34)27-37(35)39/h10-12,15-20,24-28H,4-9,13-14,21-23H2,1-3H3. The van der Waals surface area contributed by atoms with Crippen LogP contribution in [-0.4, -0.2) is 13.7 Å². The van der Waals surface area contributed by atoms with Gasteiger partial charge in [0.15, 0.2) is 0 Å². The average Bonchev–Trinajstić information content (AvgIpc) is 3.38. The Bertz CT molecular complexity index is 1460. The third-order valence-electron chi connectivity index (χ3n) is 9.53. The first-order valence-corrected chi connectivity index (χ1v) is 16.0. The summed E-state index contributed by atoms with van der Waals surface area (Å²) in [6.45, 7) is 5.54. The van der Waals surface area contributed by atoms with Crippen LogP contribution in [0.15, 0.2) is 72.3 Å². The number of hydrogen-bond donors (Lipinski definition) is 0. The highest BCUT2D eigenvalue weighted by atomic mass is 16.5. The number of ether oxygens (including phenoxy) is 1. The molecule has 0 spiro atoms. The van der Waals surface area contributed by atoms with Crippen molar-refractivity contribution in [3.63, 3.8) is 0 Å². The molecule has 1 heterocycles. The van der Waals surface area contributed by atoms with Crippen LogP contribution < -0.4 is 9.64 Å². The molecule has 3 aromatic rings. The van der Waals surface area contributed by atoms with Crippen molar-refractivity contribution in [2.75, 3.05) is 18.6 Å². The molecule has 41 heavy (non-hydrogen) atoms. The summed E-state index contributed by atoms with van der Waals surface area (Å²) in [5.41, 5.74) is 12.5. The zero-order valence-electron chi connectivity index (χ0n) is 25.2. The van der Waals surface area contributed by atoms with Gasteiger partial charge in [0, 0.05) is 23.3 Å². The van der Waals surface area contributed by atoms with Gasteiger partial charge in [0.05, 0.1) is 7.11 Å². The Morgan fingerprint density at radius 1 is 0.756 bits per heavy atom. The first-order valence-electron chi connectivity index (χ1n) is 16.0. The fourth-order valence-electron chi connectivity index (χ4n) is 7.39. The highest BCUT2D eigenvalue weighted by Gasteiger charge is 2.44. The third kappa shape index (κ3) is 5.18. The number of methoxy groups -OCH3 is 1. The van der Waals surface area contributed by atoms with Crippen molar-refractivity contribution in [2.45, 2.75) is 83.5 Å². The summed E-state index contributed by atoms with van der Waals surface area (Å²) < 4.78 is 5.65. The van der Waals surface area contributed by atoms with E-state index in [-0.39, 0.29) is 5.41 Å². The molecule has 0 saturated heterocycles. The maximum absolute atomic E-state index is 5.65. The number of nitrogens with zero attached hydrogens (tertiary/aromatic N) is 1. The van der Waals surface area contributed by atoms with Gasteiger partial charge in [0.1, 0.15) is 5.75 Å². The van der Waals surface area contributed by atoms with Crippen molar-refractivity contribution in [2.24, 2.45) is 0 Å². The van der Waals surface area contributed by atoms with E-state index in [2.05, 4.69) is 104 Å². The number of fused-ring (bicyclic) bond motifs is 5. The van der Waals surface area contributed by atoms with Crippen molar-refractivity contribution in [1.29, 1.82) is 0 Å². The normalized spacial score (nSPS) is 15.9. The van der Waals surface area contributed by atoms with Gasteiger partial charge in [0.2, 0.25) is 0 Å². The van der Waals surface area contributed by atoms with Gasteiger partial charge in [-0.1, -0.05) is 102 Å². The summed E-state index contributed by atoms with van der Waals surface area (Å²) in [5, 5.41) is 0. The molecule has 1 aliphatic heterocycles. The minimum absolute atomic E-state index is 0.0195. The summed E-state index contributed by atoms with van der Waals surface area (Å²) in [5.74, 6) is 0.938. The van der Waals surface area contributed by atoms with Gasteiger partial charge in [-0.3, -0.25) is 0 Å². The second-order valence-electron chi connectivity index (χ2n) is 12.1. The quantitative estimate of drug-likeness (QED) is 0.211. The molecule has 0 aromatic heterocycles. The second-order valence-corrected chi connectivity index (χ2v) is 12.1. The molecule has 0 unspecified atom stereocenters.